The van der Waals surface area contributed by atoms with Gasteiger partial charge in [-0.2, -0.15) is 4.31 Å². The minimum Gasteiger partial charge on any atom is -0.478 e. The van der Waals surface area contributed by atoms with Crippen LogP contribution in [0.4, 0.5) is 4.39 Å². The Morgan fingerprint density at radius 2 is 1.65 bits per heavy atom. The lowest BCUT2D eigenvalue weighted by Gasteiger charge is -2.29. The number of fused-ring (bicyclic) bond motifs is 1. The number of aromatic carboxylic acids is 1. The van der Waals surface area contributed by atoms with Crippen LogP contribution in [-0.2, 0) is 16.4 Å². The summed E-state index contributed by atoms with van der Waals surface area (Å²) in [5.41, 5.74) is 1.11. The van der Waals surface area contributed by atoms with Crippen molar-refractivity contribution in [1.82, 2.24) is 9.62 Å². The normalized spacial score (nSPS) is 13.1. The number of rotatable bonds is 11. The quantitative estimate of drug-likeness (QED) is 0.238. The molecule has 0 saturated heterocycles. The van der Waals surface area contributed by atoms with E-state index < -0.39 is 33.5 Å². The molecular weight excluding hydrogens is 531 g/mol. The molecule has 0 bridgehead atoms. The van der Waals surface area contributed by atoms with Gasteiger partial charge in [0.1, 0.15) is 5.82 Å². The highest BCUT2D eigenvalue weighted by atomic mass is 32.2. The molecule has 4 aromatic rings. The van der Waals surface area contributed by atoms with Gasteiger partial charge >= 0.3 is 5.97 Å². The van der Waals surface area contributed by atoms with Gasteiger partial charge in [0.15, 0.2) is 0 Å². The maximum Gasteiger partial charge on any atom is 0.338 e. The average molecular weight is 565 g/mol. The molecule has 0 aliphatic rings. The molecule has 1 atom stereocenters. The van der Waals surface area contributed by atoms with Crippen LogP contribution >= 0.6 is 0 Å². The minimum absolute atomic E-state index is 0.0213. The Morgan fingerprint density at radius 3 is 2.35 bits per heavy atom. The van der Waals surface area contributed by atoms with Gasteiger partial charge in [0.05, 0.1) is 16.6 Å². The van der Waals surface area contributed by atoms with E-state index in [0.29, 0.717) is 11.1 Å². The molecule has 4 rings (SSSR count). The van der Waals surface area contributed by atoms with Gasteiger partial charge in [0.2, 0.25) is 10.0 Å². The van der Waals surface area contributed by atoms with E-state index in [2.05, 4.69) is 35.6 Å². The number of likely N-dealkylation sites (N-methyl/N-ethyl adjacent to an activating group) is 1. The first-order valence-corrected chi connectivity index (χ1v) is 14.3. The van der Waals surface area contributed by atoms with Gasteiger partial charge in [-0.3, -0.25) is 0 Å². The second-order valence-corrected chi connectivity index (χ2v) is 12.6. The number of carboxylic acid groups (broad SMARTS) is 1. The summed E-state index contributed by atoms with van der Waals surface area (Å²) < 4.78 is 41.8. The van der Waals surface area contributed by atoms with E-state index in [0.717, 1.165) is 33.8 Å². The van der Waals surface area contributed by atoms with Crippen LogP contribution in [0.1, 0.15) is 29.8 Å². The van der Waals surface area contributed by atoms with E-state index in [-0.39, 0.29) is 23.5 Å². The summed E-state index contributed by atoms with van der Waals surface area (Å²) in [5.74, 6) is -2.29. The zero-order valence-corrected chi connectivity index (χ0v) is 23.5. The van der Waals surface area contributed by atoms with Crippen molar-refractivity contribution in [2.75, 3.05) is 20.1 Å². The van der Waals surface area contributed by atoms with Gasteiger partial charge in [-0.25, -0.2) is 17.6 Å². The molecule has 4 aromatic carbocycles. The van der Waals surface area contributed by atoms with Gasteiger partial charge in [0, 0.05) is 25.7 Å². The fourth-order valence-corrected chi connectivity index (χ4v) is 5.91. The number of hydrogen-bond acceptors (Lipinski definition) is 5. The molecule has 0 radical (unpaired) electrons. The number of nitrogens with zero attached hydrogens (tertiary/aromatic N) is 1. The third-order valence-corrected chi connectivity index (χ3v) is 8.64. The number of nitrogens with one attached hydrogen (secondary N) is 1. The molecule has 0 spiro atoms. The molecule has 7 nitrogen and oxygen atoms in total. The molecule has 0 aliphatic carbocycles. The number of aliphatic hydroxyl groups is 1. The van der Waals surface area contributed by atoms with Gasteiger partial charge in [-0.1, -0.05) is 60.7 Å². The Balaban J connectivity index is 1.39. The Hall–Kier alpha value is -3.63. The molecule has 0 aromatic heterocycles. The first-order chi connectivity index (χ1) is 18.9. The van der Waals surface area contributed by atoms with E-state index in [1.54, 1.807) is 6.07 Å². The fraction of sp³-hybridized carbons (Fsp3) is 0.258. The number of hydrogen-bond donors (Lipinski definition) is 3. The van der Waals surface area contributed by atoms with E-state index >= 15 is 0 Å². The predicted octanol–water partition coefficient (Wildman–Crippen LogP) is 4.94. The van der Waals surface area contributed by atoms with Crippen LogP contribution in [0, 0.1) is 5.82 Å². The summed E-state index contributed by atoms with van der Waals surface area (Å²) in [7, 11) is -2.57. The summed E-state index contributed by atoms with van der Waals surface area (Å²) in [6.07, 6.45) is -0.240. The van der Waals surface area contributed by atoms with Crippen LogP contribution in [0.2, 0.25) is 0 Å². The van der Waals surface area contributed by atoms with Crippen molar-refractivity contribution in [2.24, 2.45) is 0 Å². The summed E-state index contributed by atoms with van der Waals surface area (Å²) in [6.45, 7) is 4.13. The van der Waals surface area contributed by atoms with Crippen LogP contribution in [-0.4, -0.2) is 60.7 Å². The van der Waals surface area contributed by atoms with Crippen LogP contribution in [0.15, 0.2) is 89.8 Å². The first-order valence-electron chi connectivity index (χ1n) is 12.9. The highest BCUT2D eigenvalue weighted by Gasteiger charge is 2.25. The van der Waals surface area contributed by atoms with E-state index in [1.807, 2.05) is 26.0 Å². The van der Waals surface area contributed by atoms with Gasteiger partial charge in [-0.15, -0.1) is 0 Å². The maximum atomic E-state index is 14.2. The lowest BCUT2D eigenvalue weighted by Crippen LogP contribution is -2.47. The second-order valence-electron chi connectivity index (χ2n) is 10.6. The van der Waals surface area contributed by atoms with Crippen molar-refractivity contribution in [3.8, 4) is 11.1 Å². The molecule has 9 heteroatoms. The number of halogens is 1. The third-order valence-electron chi connectivity index (χ3n) is 6.82. The molecular formula is C31H33FN2O5S. The number of aliphatic hydroxyl groups excluding tert-OH is 1. The zero-order chi connectivity index (χ0) is 29.1. The van der Waals surface area contributed by atoms with Crippen molar-refractivity contribution < 1.29 is 27.8 Å². The Bertz CT molecular complexity index is 1640. The van der Waals surface area contributed by atoms with Crippen LogP contribution < -0.4 is 5.32 Å². The summed E-state index contributed by atoms with van der Waals surface area (Å²) in [6, 6.07) is 24.1. The fourth-order valence-electron chi connectivity index (χ4n) is 4.66. The summed E-state index contributed by atoms with van der Waals surface area (Å²) >= 11 is 0. The number of carboxylic acids is 1. The van der Waals surface area contributed by atoms with Gasteiger partial charge < -0.3 is 15.5 Å². The minimum atomic E-state index is -3.96. The van der Waals surface area contributed by atoms with E-state index in [9.17, 15) is 22.7 Å². The van der Waals surface area contributed by atoms with Crippen molar-refractivity contribution in [3.05, 3.63) is 102 Å². The second kappa shape index (κ2) is 11.9. The number of sulfonamides is 1. The maximum absolute atomic E-state index is 14.2. The SMILES string of the molecule is CN(C[C@H](O)CNC(C)(C)Cc1ccc2ccccc2c1)S(=O)(=O)c1cccc(-c2ccc(C(=O)O)c(F)c2)c1. The van der Waals surface area contributed by atoms with Crippen molar-refractivity contribution >= 4 is 26.8 Å². The largest absolute Gasteiger partial charge is 0.478 e. The highest BCUT2D eigenvalue weighted by Crippen LogP contribution is 2.26. The van der Waals surface area contributed by atoms with Crippen molar-refractivity contribution in [1.29, 1.82) is 0 Å². The molecule has 0 fully saturated rings. The average Bonchev–Trinajstić information content (AvgIpc) is 2.91. The van der Waals surface area contributed by atoms with Crippen molar-refractivity contribution in [2.45, 2.75) is 36.8 Å². The molecule has 40 heavy (non-hydrogen) atoms. The molecule has 0 heterocycles. The van der Waals surface area contributed by atoms with Crippen LogP contribution in [0.3, 0.4) is 0 Å². The zero-order valence-electron chi connectivity index (χ0n) is 22.6. The Kier molecular flexibility index (Phi) is 8.70. The predicted molar refractivity (Wildman–Crippen MR) is 154 cm³/mol. The topological polar surface area (TPSA) is 107 Å². The Morgan fingerprint density at radius 1 is 0.950 bits per heavy atom. The lowest BCUT2D eigenvalue weighted by molar-refractivity contribution is 0.0692. The van der Waals surface area contributed by atoms with Crippen LogP contribution in [0.25, 0.3) is 21.9 Å². The first kappa shape index (κ1) is 29.4. The molecule has 0 aliphatic heterocycles. The van der Waals surface area contributed by atoms with Gasteiger partial charge in [-0.05, 0) is 72.0 Å². The lowest BCUT2D eigenvalue weighted by atomic mass is 9.93. The van der Waals surface area contributed by atoms with Crippen LogP contribution in [0.5, 0.6) is 0 Å². The summed E-state index contributed by atoms with van der Waals surface area (Å²) in [5, 5.41) is 25.4. The molecule has 210 valence electrons. The number of carbonyl (C=O) groups is 1. The molecule has 0 unspecified atom stereocenters. The smallest absolute Gasteiger partial charge is 0.338 e. The molecule has 0 saturated carbocycles. The van der Waals surface area contributed by atoms with Crippen molar-refractivity contribution in [3.63, 3.8) is 0 Å². The highest BCUT2D eigenvalue weighted by molar-refractivity contribution is 7.89. The summed E-state index contributed by atoms with van der Waals surface area (Å²) in [4.78, 5) is 11.1. The Labute approximate surface area is 233 Å². The van der Waals surface area contributed by atoms with E-state index in [1.165, 1.54) is 36.7 Å². The number of benzene rings is 4. The van der Waals surface area contributed by atoms with E-state index in [4.69, 9.17) is 5.11 Å². The monoisotopic (exact) mass is 564 g/mol. The number of β-amino-alcohol motifs (C(OH)–C–C–N with tert-alkyl or cyclic N) is 1. The third kappa shape index (κ3) is 6.92. The molecule has 0 amide bonds. The molecule has 3 N–H and O–H groups in total. The van der Waals surface area contributed by atoms with Gasteiger partial charge in [0.25, 0.3) is 0 Å². The standard InChI is InChI=1S/C31H33FN2O5S/c1-31(2,18-21-11-12-22-7-4-5-8-23(22)15-21)33-19-26(35)20-34(3)40(38,39)27-10-6-9-24(16-27)25-13-14-28(30(36)37)29(32)17-25/h4-17,26,33,35H,18-20H2,1-3H3,(H,36,37)/t26-/m1/s1.